The molecule has 1 atom stereocenters. The number of nitrogens with zero attached hydrogens (tertiary/aromatic N) is 2. The van der Waals surface area contributed by atoms with Gasteiger partial charge in [-0.1, -0.05) is 0 Å². The summed E-state index contributed by atoms with van der Waals surface area (Å²) < 4.78 is 1.99. The van der Waals surface area contributed by atoms with Gasteiger partial charge in [0.05, 0.1) is 17.1 Å². The Bertz CT molecular complexity index is 627. The van der Waals surface area contributed by atoms with Crippen molar-refractivity contribution in [3.8, 4) is 11.5 Å². The minimum absolute atomic E-state index is 0.0507. The highest BCUT2D eigenvalue weighted by Crippen LogP contribution is 2.30. The Kier molecular flexibility index (Phi) is 4.11. The molecule has 2 aromatic rings. The average molecular weight is 289 g/mol. The van der Waals surface area contributed by atoms with Gasteiger partial charge in [0, 0.05) is 18.2 Å². The molecule has 1 heterocycles. The fourth-order valence-corrected chi connectivity index (χ4v) is 2.54. The van der Waals surface area contributed by atoms with Gasteiger partial charge in [-0.25, -0.2) is 0 Å². The number of phenolic OH excluding ortho intramolecular Hbond substituents is 2. The van der Waals surface area contributed by atoms with Crippen molar-refractivity contribution in [3.63, 3.8) is 0 Å². The van der Waals surface area contributed by atoms with Crippen molar-refractivity contribution in [2.24, 2.45) is 0 Å². The largest absolute Gasteiger partial charge is 0.508 e. The van der Waals surface area contributed by atoms with Gasteiger partial charge in [-0.15, -0.1) is 0 Å². The Morgan fingerprint density at radius 2 is 1.62 bits per heavy atom. The first kappa shape index (κ1) is 15.2. The molecular weight excluding hydrogens is 266 g/mol. The molecule has 0 saturated carbocycles. The minimum atomic E-state index is -0.0507. The van der Waals surface area contributed by atoms with E-state index in [2.05, 4.69) is 24.3 Å². The normalized spacial score (nSPS) is 12.7. The van der Waals surface area contributed by atoms with E-state index in [4.69, 9.17) is 0 Å². The molecule has 0 aliphatic carbocycles. The van der Waals surface area contributed by atoms with Gasteiger partial charge >= 0.3 is 0 Å². The lowest BCUT2D eigenvalue weighted by Gasteiger charge is -2.17. The van der Waals surface area contributed by atoms with E-state index in [0.29, 0.717) is 6.04 Å². The Morgan fingerprint density at radius 3 is 2.10 bits per heavy atom. The van der Waals surface area contributed by atoms with E-state index < -0.39 is 0 Å². The second-order valence-corrected chi connectivity index (χ2v) is 5.73. The first-order valence-corrected chi connectivity index (χ1v) is 7.14. The molecule has 2 rings (SSSR count). The molecule has 0 amide bonds. The van der Waals surface area contributed by atoms with Crippen LogP contribution in [0.2, 0.25) is 0 Å². The number of aromatic nitrogens is 2. The number of aryl methyl sites for hydroxylation is 1. The molecular formula is C16H23N3O2. The van der Waals surface area contributed by atoms with E-state index in [1.54, 1.807) is 12.1 Å². The molecule has 1 aromatic carbocycles. The van der Waals surface area contributed by atoms with Gasteiger partial charge in [-0.2, -0.15) is 5.10 Å². The highest BCUT2D eigenvalue weighted by atomic mass is 16.3. The maximum atomic E-state index is 9.59. The molecule has 5 nitrogen and oxygen atoms in total. The van der Waals surface area contributed by atoms with Crippen molar-refractivity contribution in [1.82, 2.24) is 9.78 Å². The van der Waals surface area contributed by atoms with Crippen LogP contribution in [0, 0.1) is 13.8 Å². The number of phenols is 2. The van der Waals surface area contributed by atoms with E-state index in [0.717, 1.165) is 22.6 Å². The summed E-state index contributed by atoms with van der Waals surface area (Å²) in [5, 5.41) is 27.1. The van der Waals surface area contributed by atoms with Crippen molar-refractivity contribution in [2.45, 2.75) is 46.7 Å². The summed E-state index contributed by atoms with van der Waals surface area (Å²) in [7, 11) is 0. The second kappa shape index (κ2) is 5.68. The molecule has 1 unspecified atom stereocenters. The molecule has 0 aliphatic heterocycles. The first-order chi connectivity index (χ1) is 9.79. The third-order valence-electron chi connectivity index (χ3n) is 3.60. The average Bonchev–Trinajstić information content (AvgIpc) is 2.65. The van der Waals surface area contributed by atoms with E-state index in [1.165, 1.54) is 6.07 Å². The number of hydrogen-bond acceptors (Lipinski definition) is 4. The molecule has 114 valence electrons. The first-order valence-electron chi connectivity index (χ1n) is 7.14. The molecule has 0 saturated heterocycles. The summed E-state index contributed by atoms with van der Waals surface area (Å²) in [6.45, 7) is 10.2. The zero-order chi connectivity index (χ0) is 15.7. The second-order valence-electron chi connectivity index (χ2n) is 5.73. The zero-order valence-corrected chi connectivity index (χ0v) is 13.2. The molecule has 21 heavy (non-hydrogen) atoms. The van der Waals surface area contributed by atoms with Crippen LogP contribution in [0.4, 0.5) is 5.69 Å². The molecule has 5 heteroatoms. The lowest BCUT2D eigenvalue weighted by Crippen LogP contribution is -2.09. The van der Waals surface area contributed by atoms with Crippen molar-refractivity contribution in [1.29, 1.82) is 0 Å². The predicted octanol–water partition coefficient (Wildman–Crippen LogP) is 3.67. The van der Waals surface area contributed by atoms with Gasteiger partial charge in [0.25, 0.3) is 0 Å². The summed E-state index contributed by atoms with van der Waals surface area (Å²) >= 11 is 0. The summed E-state index contributed by atoms with van der Waals surface area (Å²) in [6.07, 6.45) is 0. The van der Waals surface area contributed by atoms with Crippen LogP contribution in [0.15, 0.2) is 18.2 Å². The van der Waals surface area contributed by atoms with Crippen molar-refractivity contribution in [3.05, 3.63) is 35.2 Å². The molecule has 1 aromatic heterocycles. The topological polar surface area (TPSA) is 70.3 Å². The van der Waals surface area contributed by atoms with Gasteiger partial charge < -0.3 is 15.5 Å². The summed E-state index contributed by atoms with van der Waals surface area (Å²) in [4.78, 5) is 0. The Balaban J connectivity index is 2.29. The molecule has 0 radical (unpaired) electrons. The predicted molar refractivity (Wildman–Crippen MR) is 83.9 cm³/mol. The quantitative estimate of drug-likeness (QED) is 0.803. The highest BCUT2D eigenvalue weighted by molar-refractivity contribution is 5.54. The van der Waals surface area contributed by atoms with Gasteiger partial charge in [-0.05, 0) is 52.3 Å². The molecule has 0 bridgehead atoms. The van der Waals surface area contributed by atoms with Gasteiger partial charge in [0.1, 0.15) is 11.5 Å². The molecule has 0 spiro atoms. The number of nitrogens with one attached hydrogen (secondary N) is 1. The van der Waals surface area contributed by atoms with Crippen molar-refractivity contribution in [2.75, 3.05) is 5.32 Å². The number of rotatable bonds is 4. The van der Waals surface area contributed by atoms with Crippen LogP contribution in [0.1, 0.15) is 49.8 Å². The summed E-state index contributed by atoms with van der Waals surface area (Å²) in [5.41, 5.74) is 3.85. The summed E-state index contributed by atoms with van der Waals surface area (Å²) in [5.74, 6) is 0.120. The lowest BCUT2D eigenvalue weighted by atomic mass is 10.1. The van der Waals surface area contributed by atoms with Crippen LogP contribution in [0.5, 0.6) is 11.5 Å². The van der Waals surface area contributed by atoms with Crippen molar-refractivity contribution >= 4 is 5.69 Å². The monoisotopic (exact) mass is 289 g/mol. The maximum absolute atomic E-state index is 9.59. The number of anilines is 1. The van der Waals surface area contributed by atoms with E-state index >= 15 is 0 Å². The van der Waals surface area contributed by atoms with Crippen LogP contribution in [-0.2, 0) is 0 Å². The van der Waals surface area contributed by atoms with E-state index in [-0.39, 0.29) is 17.5 Å². The van der Waals surface area contributed by atoms with Gasteiger partial charge in [-0.3, -0.25) is 4.68 Å². The SMILES string of the molecule is Cc1nn(C(C)C)c(C)c1NC(C)c1cc(O)cc(O)c1. The highest BCUT2D eigenvalue weighted by Gasteiger charge is 2.16. The summed E-state index contributed by atoms with van der Waals surface area (Å²) in [6, 6.07) is 4.87. The number of aromatic hydroxyl groups is 2. The fraction of sp³-hybridized carbons (Fsp3) is 0.438. The van der Waals surface area contributed by atoms with E-state index in [9.17, 15) is 10.2 Å². The minimum Gasteiger partial charge on any atom is -0.508 e. The van der Waals surface area contributed by atoms with Crippen molar-refractivity contribution < 1.29 is 10.2 Å². The maximum Gasteiger partial charge on any atom is 0.119 e. The van der Waals surface area contributed by atoms with E-state index in [1.807, 2.05) is 25.5 Å². The number of hydrogen-bond donors (Lipinski definition) is 3. The zero-order valence-electron chi connectivity index (χ0n) is 13.2. The van der Waals surface area contributed by atoms with Crippen LogP contribution in [0.25, 0.3) is 0 Å². The Morgan fingerprint density at radius 1 is 1.05 bits per heavy atom. The Hall–Kier alpha value is -2.17. The third-order valence-corrected chi connectivity index (χ3v) is 3.60. The number of benzene rings is 1. The van der Waals surface area contributed by atoms with Gasteiger partial charge in [0.2, 0.25) is 0 Å². The van der Waals surface area contributed by atoms with Crippen LogP contribution >= 0.6 is 0 Å². The van der Waals surface area contributed by atoms with Crippen LogP contribution < -0.4 is 5.32 Å². The lowest BCUT2D eigenvalue weighted by molar-refractivity contribution is 0.448. The van der Waals surface area contributed by atoms with Crippen LogP contribution in [-0.4, -0.2) is 20.0 Å². The molecule has 3 N–H and O–H groups in total. The standard InChI is InChI=1S/C16H23N3O2/c1-9(2)19-12(5)16(11(4)18-19)17-10(3)13-6-14(20)8-15(21)7-13/h6-10,17,20-21H,1-5H3. The molecule has 0 aliphatic rings. The molecule has 0 fully saturated rings. The van der Waals surface area contributed by atoms with Crippen LogP contribution in [0.3, 0.4) is 0 Å². The third kappa shape index (κ3) is 3.12. The fourth-order valence-electron chi connectivity index (χ4n) is 2.54. The van der Waals surface area contributed by atoms with Gasteiger partial charge in [0.15, 0.2) is 0 Å². The smallest absolute Gasteiger partial charge is 0.119 e. The Labute approximate surface area is 125 Å².